The minimum atomic E-state index is -2.35. The first-order valence-corrected chi connectivity index (χ1v) is 9.28. The maximum absolute atomic E-state index is 8.18. The third-order valence-electron chi connectivity index (χ3n) is 4.97. The van der Waals surface area contributed by atoms with Gasteiger partial charge in [0.1, 0.15) is 0 Å². The maximum Gasteiger partial charge on any atom is 0.160 e. The van der Waals surface area contributed by atoms with Gasteiger partial charge >= 0.3 is 0 Å². The Morgan fingerprint density at radius 2 is 1.92 bits per heavy atom. The fourth-order valence-corrected chi connectivity index (χ4v) is 4.20. The number of ether oxygens (including phenoxy) is 1. The minimum absolute atomic E-state index is 0.521. The molecular formula is C22H18N2OS. The predicted molar refractivity (Wildman–Crippen MR) is 109 cm³/mol. The average molecular weight is 361 g/mol. The molecule has 3 nitrogen and oxygen atoms in total. The van der Waals surface area contributed by atoms with Crippen LogP contribution >= 0.6 is 11.3 Å². The van der Waals surface area contributed by atoms with Crippen LogP contribution in [0.2, 0.25) is 0 Å². The Hall–Kier alpha value is -2.85. The van der Waals surface area contributed by atoms with Gasteiger partial charge in [0.2, 0.25) is 0 Å². The van der Waals surface area contributed by atoms with Gasteiger partial charge in [-0.15, -0.1) is 11.3 Å². The molecule has 1 aliphatic heterocycles. The zero-order valence-electron chi connectivity index (χ0n) is 17.4. The largest absolute Gasteiger partial charge is 0.452 e. The molecule has 0 bridgehead atoms. The van der Waals surface area contributed by atoms with E-state index in [1.165, 1.54) is 4.90 Å². The number of para-hydroxylation sites is 1. The molecule has 4 heteroatoms. The highest BCUT2D eigenvalue weighted by atomic mass is 32.1. The number of fused-ring (bicyclic) bond motifs is 3. The highest BCUT2D eigenvalue weighted by Crippen LogP contribution is 2.51. The highest BCUT2D eigenvalue weighted by molar-refractivity contribution is 7.17. The standard InChI is InChI=1S/C22H18N2OS/c1-13-7-8-18-21(14(13)2)25-22-16(5-4-6-17(22)24(18)3)20-15-10-12-26-19(15)9-11-23-20/h4-12H,1-3H3/i3D3. The van der Waals surface area contributed by atoms with Gasteiger partial charge in [0, 0.05) is 32.9 Å². The Balaban J connectivity index is 1.82. The second kappa shape index (κ2) is 5.58. The number of anilines is 2. The summed E-state index contributed by atoms with van der Waals surface area (Å²) in [5.41, 5.74) is 4.63. The molecule has 0 saturated heterocycles. The Morgan fingerprint density at radius 3 is 2.81 bits per heavy atom. The van der Waals surface area contributed by atoms with Crippen LogP contribution in [0.3, 0.4) is 0 Å². The van der Waals surface area contributed by atoms with Crippen LogP contribution in [0.15, 0.2) is 54.0 Å². The van der Waals surface area contributed by atoms with Crippen LogP contribution in [0.1, 0.15) is 15.2 Å². The molecule has 0 saturated carbocycles. The van der Waals surface area contributed by atoms with E-state index in [-0.39, 0.29) is 0 Å². The van der Waals surface area contributed by atoms with E-state index in [4.69, 9.17) is 8.85 Å². The van der Waals surface area contributed by atoms with Crippen molar-refractivity contribution < 1.29 is 8.85 Å². The van der Waals surface area contributed by atoms with Gasteiger partial charge < -0.3 is 9.64 Å². The van der Waals surface area contributed by atoms with Crippen molar-refractivity contribution in [2.75, 3.05) is 11.9 Å². The first-order valence-electron chi connectivity index (χ1n) is 9.90. The summed E-state index contributed by atoms with van der Waals surface area (Å²) in [5, 5.41) is 3.06. The molecule has 1 aliphatic rings. The van der Waals surface area contributed by atoms with Gasteiger partial charge in [0.15, 0.2) is 11.5 Å². The second-order valence-electron chi connectivity index (χ2n) is 6.44. The number of nitrogens with zero attached hydrogens (tertiary/aromatic N) is 2. The topological polar surface area (TPSA) is 25.4 Å². The minimum Gasteiger partial charge on any atom is -0.452 e. The van der Waals surface area contributed by atoms with Crippen molar-refractivity contribution in [1.82, 2.24) is 4.98 Å². The van der Waals surface area contributed by atoms with E-state index < -0.39 is 6.98 Å². The number of aryl methyl sites for hydroxylation is 1. The maximum atomic E-state index is 8.18. The summed E-state index contributed by atoms with van der Waals surface area (Å²) in [4.78, 5) is 6.00. The lowest BCUT2D eigenvalue weighted by atomic mass is 10.0. The van der Waals surface area contributed by atoms with E-state index in [1.54, 1.807) is 23.6 Å². The van der Waals surface area contributed by atoms with Crippen molar-refractivity contribution in [1.29, 1.82) is 0 Å². The first kappa shape index (κ1) is 12.5. The zero-order valence-corrected chi connectivity index (χ0v) is 15.2. The monoisotopic (exact) mass is 361 g/mol. The molecule has 0 amide bonds. The fraction of sp³-hybridized carbons (Fsp3) is 0.136. The first-order chi connectivity index (χ1) is 13.9. The third kappa shape index (κ3) is 2.09. The van der Waals surface area contributed by atoms with Crippen molar-refractivity contribution in [3.05, 3.63) is 65.2 Å². The molecule has 4 aromatic rings. The van der Waals surface area contributed by atoms with E-state index in [9.17, 15) is 0 Å². The molecule has 26 heavy (non-hydrogen) atoms. The van der Waals surface area contributed by atoms with Crippen LogP contribution in [0.4, 0.5) is 11.4 Å². The lowest BCUT2D eigenvalue weighted by Crippen LogP contribution is -2.17. The van der Waals surface area contributed by atoms with Crippen LogP contribution in [0.5, 0.6) is 11.5 Å². The molecule has 0 atom stereocenters. The molecule has 5 rings (SSSR count). The normalized spacial score (nSPS) is 14.8. The summed E-state index contributed by atoms with van der Waals surface area (Å²) >= 11 is 1.65. The number of pyridine rings is 1. The van der Waals surface area contributed by atoms with Gasteiger partial charge in [-0.1, -0.05) is 12.1 Å². The number of thiophene rings is 1. The molecule has 0 fully saturated rings. The van der Waals surface area contributed by atoms with Crippen molar-refractivity contribution in [3.8, 4) is 22.8 Å². The number of hydrogen-bond donors (Lipinski definition) is 0. The summed E-state index contributed by atoms with van der Waals surface area (Å²) in [6.45, 7) is 1.60. The highest BCUT2D eigenvalue weighted by Gasteiger charge is 2.27. The average Bonchev–Trinajstić information content (AvgIpc) is 3.17. The molecule has 0 N–H and O–H groups in total. The summed E-state index contributed by atoms with van der Waals surface area (Å²) in [5.74, 6) is 1.11. The van der Waals surface area contributed by atoms with Crippen molar-refractivity contribution in [2.24, 2.45) is 0 Å². The van der Waals surface area contributed by atoms with Crippen LogP contribution in [0, 0.1) is 13.8 Å². The van der Waals surface area contributed by atoms with Crippen molar-refractivity contribution >= 4 is 32.8 Å². The Bertz CT molecular complexity index is 1260. The van der Waals surface area contributed by atoms with Gasteiger partial charge in [-0.25, -0.2) is 0 Å². The SMILES string of the molecule is [2H]C([2H])([2H])N1c2cccc(-c3nccc4sccc34)c2Oc2c1ccc(C)c2C. The molecule has 3 heterocycles. The van der Waals surface area contributed by atoms with Crippen LogP contribution in [-0.2, 0) is 0 Å². The molecule has 128 valence electrons. The smallest absolute Gasteiger partial charge is 0.160 e. The molecule has 0 aliphatic carbocycles. The molecule has 0 unspecified atom stereocenters. The van der Waals surface area contributed by atoms with Gasteiger partial charge in [0.25, 0.3) is 0 Å². The van der Waals surface area contributed by atoms with E-state index >= 15 is 0 Å². The lowest BCUT2D eigenvalue weighted by Gasteiger charge is -2.32. The number of hydrogen-bond acceptors (Lipinski definition) is 4. The zero-order chi connectivity index (χ0) is 20.3. The predicted octanol–water partition coefficient (Wildman–Crippen LogP) is 6.45. The van der Waals surface area contributed by atoms with E-state index in [0.29, 0.717) is 22.9 Å². The molecule has 0 radical (unpaired) electrons. The van der Waals surface area contributed by atoms with Gasteiger partial charge in [-0.05, 0) is 60.7 Å². The number of benzene rings is 2. The summed E-state index contributed by atoms with van der Waals surface area (Å²) in [6, 6.07) is 13.3. The summed E-state index contributed by atoms with van der Waals surface area (Å²) < 4.78 is 32.1. The van der Waals surface area contributed by atoms with Crippen molar-refractivity contribution in [3.63, 3.8) is 0 Å². The molecular weight excluding hydrogens is 340 g/mol. The Kier molecular flexibility index (Phi) is 2.68. The van der Waals surface area contributed by atoms with Gasteiger partial charge in [-0.2, -0.15) is 0 Å². The Labute approximate surface area is 160 Å². The van der Waals surface area contributed by atoms with E-state index in [1.807, 2.05) is 55.6 Å². The van der Waals surface area contributed by atoms with Crippen LogP contribution in [-0.4, -0.2) is 12.0 Å². The van der Waals surface area contributed by atoms with E-state index in [2.05, 4.69) is 4.98 Å². The van der Waals surface area contributed by atoms with Crippen molar-refractivity contribution in [2.45, 2.75) is 13.8 Å². The van der Waals surface area contributed by atoms with E-state index in [0.717, 1.165) is 32.5 Å². The second-order valence-corrected chi connectivity index (χ2v) is 7.39. The van der Waals surface area contributed by atoms with Gasteiger partial charge in [-0.3, -0.25) is 4.98 Å². The third-order valence-corrected chi connectivity index (χ3v) is 5.85. The number of rotatable bonds is 1. The number of aromatic nitrogens is 1. The lowest BCUT2D eigenvalue weighted by molar-refractivity contribution is 0.473. The summed E-state index contributed by atoms with van der Waals surface area (Å²) in [6.07, 6.45) is 1.78. The quantitative estimate of drug-likeness (QED) is 0.389. The fourth-order valence-electron chi connectivity index (χ4n) is 3.42. The van der Waals surface area contributed by atoms with Crippen LogP contribution in [0.25, 0.3) is 21.3 Å². The van der Waals surface area contributed by atoms with Gasteiger partial charge in [0.05, 0.1) is 17.1 Å². The molecule has 0 spiro atoms. The Morgan fingerprint density at radius 1 is 1.04 bits per heavy atom. The summed E-state index contributed by atoms with van der Waals surface area (Å²) in [7, 11) is 0. The molecule has 2 aromatic heterocycles. The van der Waals surface area contributed by atoms with Crippen LogP contribution < -0.4 is 9.64 Å². The molecule has 2 aromatic carbocycles.